The number of tetrazole rings is 1. The molecule has 0 spiro atoms. The van der Waals surface area contributed by atoms with Gasteiger partial charge in [0, 0.05) is 18.7 Å². The van der Waals surface area contributed by atoms with Crippen molar-refractivity contribution in [3.8, 4) is 0 Å². The molecular formula is C11H17N5O2. The lowest BCUT2D eigenvalue weighted by Gasteiger charge is -2.25. The van der Waals surface area contributed by atoms with Gasteiger partial charge in [0.2, 0.25) is 0 Å². The zero-order chi connectivity index (χ0) is 13.0. The van der Waals surface area contributed by atoms with E-state index in [4.69, 9.17) is 4.74 Å². The number of ether oxygens (including phenoxy) is 1. The predicted octanol–water partition coefficient (Wildman–Crippen LogP) is 0.939. The van der Waals surface area contributed by atoms with E-state index in [1.165, 1.54) is 0 Å². The molecule has 2 heterocycles. The van der Waals surface area contributed by atoms with E-state index in [-0.39, 0.29) is 6.09 Å². The van der Waals surface area contributed by atoms with Gasteiger partial charge in [-0.25, -0.2) is 9.48 Å². The van der Waals surface area contributed by atoms with Crippen LogP contribution in [0.3, 0.4) is 0 Å². The van der Waals surface area contributed by atoms with Gasteiger partial charge in [0.05, 0.1) is 13.2 Å². The summed E-state index contributed by atoms with van der Waals surface area (Å²) in [5, 5.41) is 11.6. The van der Waals surface area contributed by atoms with Crippen molar-refractivity contribution in [3.63, 3.8) is 0 Å². The van der Waals surface area contributed by atoms with Gasteiger partial charge in [0.25, 0.3) is 0 Å². The zero-order valence-electron chi connectivity index (χ0n) is 10.7. The Morgan fingerprint density at radius 1 is 1.50 bits per heavy atom. The first-order valence-corrected chi connectivity index (χ1v) is 6.13. The maximum absolute atomic E-state index is 11.7. The first-order chi connectivity index (χ1) is 8.76. The van der Waals surface area contributed by atoms with Crippen LogP contribution in [0.2, 0.25) is 0 Å². The van der Waals surface area contributed by atoms with Crippen LogP contribution in [0, 0.1) is 0 Å². The molecule has 1 aromatic rings. The van der Waals surface area contributed by atoms with Crippen LogP contribution in [-0.4, -0.2) is 50.9 Å². The molecule has 7 heteroatoms. The quantitative estimate of drug-likeness (QED) is 0.799. The van der Waals surface area contributed by atoms with Crippen molar-refractivity contribution in [2.75, 3.05) is 19.7 Å². The van der Waals surface area contributed by atoms with Crippen LogP contribution in [-0.2, 0) is 11.3 Å². The smallest absolute Gasteiger partial charge is 0.410 e. The minimum absolute atomic E-state index is 0.279. The minimum atomic E-state index is -0.279. The van der Waals surface area contributed by atoms with E-state index >= 15 is 0 Å². The molecule has 1 aliphatic heterocycles. The maximum atomic E-state index is 11.7. The van der Waals surface area contributed by atoms with Crippen molar-refractivity contribution in [2.24, 2.45) is 0 Å². The summed E-state index contributed by atoms with van der Waals surface area (Å²) in [6, 6.07) is 0. The average molecular weight is 251 g/mol. The van der Waals surface area contributed by atoms with Crippen LogP contribution in [0.4, 0.5) is 4.79 Å². The van der Waals surface area contributed by atoms with Crippen molar-refractivity contribution in [1.82, 2.24) is 25.1 Å². The van der Waals surface area contributed by atoms with E-state index in [2.05, 4.69) is 21.6 Å². The Balaban J connectivity index is 2.11. The molecule has 0 aromatic carbocycles. The third kappa shape index (κ3) is 2.49. The van der Waals surface area contributed by atoms with E-state index < -0.39 is 0 Å². The van der Waals surface area contributed by atoms with Gasteiger partial charge in [0.1, 0.15) is 0 Å². The molecule has 0 saturated carbocycles. The second-order valence-electron chi connectivity index (χ2n) is 3.96. The molecule has 98 valence electrons. The second kappa shape index (κ2) is 5.61. The van der Waals surface area contributed by atoms with E-state index in [1.54, 1.807) is 16.5 Å². The summed E-state index contributed by atoms with van der Waals surface area (Å²) in [4.78, 5) is 13.4. The number of carbonyl (C=O) groups is 1. The summed E-state index contributed by atoms with van der Waals surface area (Å²) in [5.74, 6) is 0.728. The Morgan fingerprint density at radius 2 is 2.33 bits per heavy atom. The lowest BCUT2D eigenvalue weighted by Crippen LogP contribution is -2.36. The Labute approximate surface area is 105 Å². The molecule has 7 nitrogen and oxygen atoms in total. The highest BCUT2D eigenvalue weighted by Crippen LogP contribution is 2.18. The van der Waals surface area contributed by atoms with Crippen LogP contribution in [0.1, 0.15) is 26.1 Å². The number of hydrogen-bond donors (Lipinski definition) is 0. The lowest BCUT2D eigenvalue weighted by molar-refractivity contribution is 0.111. The monoisotopic (exact) mass is 251 g/mol. The summed E-state index contributed by atoms with van der Waals surface area (Å²) < 4.78 is 6.73. The van der Waals surface area contributed by atoms with Crippen LogP contribution in [0.25, 0.3) is 5.57 Å². The van der Waals surface area contributed by atoms with Crippen molar-refractivity contribution < 1.29 is 9.53 Å². The average Bonchev–Trinajstić information content (AvgIpc) is 2.87. The molecule has 18 heavy (non-hydrogen) atoms. The standard InChI is InChI=1S/C11H17N5O2/c1-3-16-10(12-13-14-16)9-6-5-7-15(8-9)11(17)18-4-2/h6H,3-5,7-8H2,1-2H3. The molecule has 1 amide bonds. The van der Waals surface area contributed by atoms with Gasteiger partial charge in [-0.1, -0.05) is 6.08 Å². The maximum Gasteiger partial charge on any atom is 0.410 e. The molecule has 0 atom stereocenters. The summed E-state index contributed by atoms with van der Waals surface area (Å²) in [7, 11) is 0. The number of rotatable bonds is 3. The Hall–Kier alpha value is -1.92. The number of aryl methyl sites for hydroxylation is 1. The van der Waals surface area contributed by atoms with Crippen LogP contribution < -0.4 is 0 Å². The molecule has 0 aliphatic carbocycles. The van der Waals surface area contributed by atoms with E-state index in [9.17, 15) is 4.79 Å². The molecule has 0 saturated heterocycles. The van der Waals surface area contributed by atoms with E-state index in [0.29, 0.717) is 26.2 Å². The Bertz CT molecular complexity index is 454. The van der Waals surface area contributed by atoms with Gasteiger partial charge in [-0.2, -0.15) is 0 Å². The molecule has 1 aromatic heterocycles. The van der Waals surface area contributed by atoms with Gasteiger partial charge in [-0.15, -0.1) is 5.10 Å². The molecule has 0 N–H and O–H groups in total. The normalized spacial score (nSPS) is 15.4. The number of amides is 1. The number of aromatic nitrogens is 4. The van der Waals surface area contributed by atoms with Crippen molar-refractivity contribution >= 4 is 11.7 Å². The van der Waals surface area contributed by atoms with E-state index in [1.807, 2.05) is 6.92 Å². The fourth-order valence-corrected chi connectivity index (χ4v) is 1.92. The van der Waals surface area contributed by atoms with E-state index in [0.717, 1.165) is 17.8 Å². The van der Waals surface area contributed by atoms with Gasteiger partial charge in [-0.3, -0.25) is 0 Å². The largest absolute Gasteiger partial charge is 0.450 e. The first-order valence-electron chi connectivity index (χ1n) is 6.13. The van der Waals surface area contributed by atoms with Crippen LogP contribution in [0.5, 0.6) is 0 Å². The molecule has 0 unspecified atom stereocenters. The highest BCUT2D eigenvalue weighted by atomic mass is 16.6. The zero-order valence-corrected chi connectivity index (χ0v) is 10.7. The van der Waals surface area contributed by atoms with Gasteiger partial charge >= 0.3 is 6.09 Å². The summed E-state index contributed by atoms with van der Waals surface area (Å²) in [6.45, 7) is 6.05. The number of hydrogen-bond acceptors (Lipinski definition) is 5. The highest BCUT2D eigenvalue weighted by molar-refractivity contribution is 5.73. The second-order valence-corrected chi connectivity index (χ2v) is 3.96. The number of nitrogens with zero attached hydrogens (tertiary/aromatic N) is 5. The van der Waals surface area contributed by atoms with Crippen LogP contribution >= 0.6 is 0 Å². The van der Waals surface area contributed by atoms with Crippen molar-refractivity contribution in [2.45, 2.75) is 26.8 Å². The highest BCUT2D eigenvalue weighted by Gasteiger charge is 2.22. The molecule has 1 aliphatic rings. The lowest BCUT2D eigenvalue weighted by atomic mass is 10.1. The van der Waals surface area contributed by atoms with Gasteiger partial charge in [-0.05, 0) is 30.7 Å². The first kappa shape index (κ1) is 12.5. The summed E-state index contributed by atoms with van der Waals surface area (Å²) in [6.07, 6.45) is 2.59. The Kier molecular flexibility index (Phi) is 3.91. The topological polar surface area (TPSA) is 73.1 Å². The molecule has 0 fully saturated rings. The van der Waals surface area contributed by atoms with Crippen molar-refractivity contribution in [1.29, 1.82) is 0 Å². The van der Waals surface area contributed by atoms with Gasteiger partial charge in [0.15, 0.2) is 5.82 Å². The molecular weight excluding hydrogens is 234 g/mol. The Morgan fingerprint density at radius 3 is 3.06 bits per heavy atom. The van der Waals surface area contributed by atoms with Crippen LogP contribution in [0.15, 0.2) is 6.08 Å². The third-order valence-corrected chi connectivity index (χ3v) is 2.80. The van der Waals surface area contributed by atoms with Crippen molar-refractivity contribution in [3.05, 3.63) is 11.9 Å². The summed E-state index contributed by atoms with van der Waals surface area (Å²) >= 11 is 0. The summed E-state index contributed by atoms with van der Waals surface area (Å²) in [5.41, 5.74) is 0.973. The minimum Gasteiger partial charge on any atom is -0.450 e. The number of carbonyl (C=O) groups excluding carboxylic acids is 1. The molecule has 0 bridgehead atoms. The molecule has 0 radical (unpaired) electrons. The molecule has 2 rings (SSSR count). The third-order valence-electron chi connectivity index (χ3n) is 2.80. The SMILES string of the molecule is CCOC(=O)N1CCC=C(c2nnnn2CC)C1. The predicted molar refractivity (Wildman–Crippen MR) is 64.7 cm³/mol. The fourth-order valence-electron chi connectivity index (χ4n) is 1.92. The fraction of sp³-hybridized carbons (Fsp3) is 0.636. The van der Waals surface area contributed by atoms with Gasteiger partial charge < -0.3 is 9.64 Å².